The van der Waals surface area contributed by atoms with Crippen LogP contribution >= 0.6 is 11.3 Å². The molecule has 0 aliphatic heterocycles. The molecule has 0 spiro atoms. The molecule has 0 aliphatic rings. The summed E-state index contributed by atoms with van der Waals surface area (Å²) < 4.78 is 0. The number of hydrogen-bond donors (Lipinski definition) is 1. The summed E-state index contributed by atoms with van der Waals surface area (Å²) in [6.45, 7) is 3.82. The van der Waals surface area contributed by atoms with Crippen molar-refractivity contribution >= 4 is 11.3 Å². The molecule has 1 rings (SSSR count). The maximum absolute atomic E-state index is 9.72. The van der Waals surface area contributed by atoms with Gasteiger partial charge in [0.25, 0.3) is 0 Å². The van der Waals surface area contributed by atoms with Crippen LogP contribution in [0.5, 0.6) is 0 Å². The Bertz CT molecular complexity index is 316. The van der Waals surface area contributed by atoms with E-state index in [1.165, 1.54) is 11.3 Å². The molecule has 2 atom stereocenters. The molecule has 2 unspecified atom stereocenters. The molecule has 0 radical (unpaired) electrons. The minimum atomic E-state index is -0.728. The Kier molecular flexibility index (Phi) is 3.40. The zero-order chi connectivity index (χ0) is 9.84. The first-order valence-corrected chi connectivity index (χ1v) is 5.00. The van der Waals surface area contributed by atoms with Crippen molar-refractivity contribution in [3.8, 4) is 6.07 Å². The molecule has 0 aliphatic carbocycles. The lowest BCUT2D eigenvalue weighted by molar-refractivity contribution is 0.132. The number of nitrogens with zero attached hydrogens (tertiary/aromatic N) is 2. The van der Waals surface area contributed by atoms with E-state index in [0.29, 0.717) is 11.4 Å². The number of nitriles is 1. The smallest absolute Gasteiger partial charge is 0.123 e. The van der Waals surface area contributed by atoms with Crippen LogP contribution < -0.4 is 0 Å². The van der Waals surface area contributed by atoms with Crippen LogP contribution in [-0.4, -0.2) is 10.1 Å². The third-order valence-electron chi connectivity index (χ3n) is 1.88. The molecule has 3 nitrogen and oxygen atoms in total. The fourth-order valence-corrected chi connectivity index (χ4v) is 1.89. The van der Waals surface area contributed by atoms with Gasteiger partial charge in [0.1, 0.15) is 11.1 Å². The van der Waals surface area contributed by atoms with Crippen LogP contribution in [0.2, 0.25) is 0 Å². The van der Waals surface area contributed by atoms with Crippen molar-refractivity contribution in [2.75, 3.05) is 0 Å². The van der Waals surface area contributed by atoms with Crippen molar-refractivity contribution in [3.63, 3.8) is 0 Å². The molecule has 0 saturated carbocycles. The lowest BCUT2D eigenvalue weighted by Gasteiger charge is -2.11. The predicted molar refractivity (Wildman–Crippen MR) is 51.2 cm³/mol. The number of rotatable bonds is 3. The van der Waals surface area contributed by atoms with E-state index in [1.807, 2.05) is 13.8 Å². The second-order valence-corrected chi connectivity index (χ2v) is 4.16. The highest BCUT2D eigenvalue weighted by Crippen LogP contribution is 2.27. The first-order valence-electron chi connectivity index (χ1n) is 4.19. The lowest BCUT2D eigenvalue weighted by atomic mass is 10.0. The summed E-state index contributed by atoms with van der Waals surface area (Å²) in [6.07, 6.45) is 1.64. The van der Waals surface area contributed by atoms with Gasteiger partial charge in [0, 0.05) is 11.1 Å². The van der Waals surface area contributed by atoms with Gasteiger partial charge >= 0.3 is 0 Å². The number of hydrogen-bond acceptors (Lipinski definition) is 4. The van der Waals surface area contributed by atoms with E-state index < -0.39 is 6.10 Å². The number of aryl methyl sites for hydroxylation is 1. The molecule has 4 heteroatoms. The Balaban J connectivity index is 2.78. The second-order valence-electron chi connectivity index (χ2n) is 2.90. The summed E-state index contributed by atoms with van der Waals surface area (Å²) >= 11 is 1.44. The van der Waals surface area contributed by atoms with Crippen LogP contribution in [0.1, 0.15) is 29.3 Å². The second kappa shape index (κ2) is 4.35. The molecule has 1 N–H and O–H groups in total. The molecule has 0 aromatic carbocycles. The van der Waals surface area contributed by atoms with Crippen molar-refractivity contribution in [2.24, 2.45) is 5.92 Å². The van der Waals surface area contributed by atoms with Gasteiger partial charge in [-0.25, -0.2) is 4.98 Å². The molecule has 1 aromatic rings. The van der Waals surface area contributed by atoms with Crippen LogP contribution in [0.4, 0.5) is 0 Å². The Morgan fingerprint density at radius 3 is 2.85 bits per heavy atom. The number of aliphatic hydroxyl groups is 1. The monoisotopic (exact) mass is 196 g/mol. The molecule has 13 heavy (non-hydrogen) atoms. The Morgan fingerprint density at radius 1 is 1.77 bits per heavy atom. The molecule has 0 bridgehead atoms. The van der Waals surface area contributed by atoms with Crippen LogP contribution in [0.3, 0.4) is 0 Å². The van der Waals surface area contributed by atoms with E-state index >= 15 is 0 Å². The number of thiazole rings is 1. The normalized spacial score (nSPS) is 14.9. The predicted octanol–water partition coefficient (Wildman–Crippen LogP) is 2.03. The van der Waals surface area contributed by atoms with E-state index in [4.69, 9.17) is 5.26 Å². The topological polar surface area (TPSA) is 56.9 Å². The Hall–Kier alpha value is -0.920. The lowest BCUT2D eigenvalue weighted by Crippen LogP contribution is -2.09. The Morgan fingerprint density at radius 2 is 2.46 bits per heavy atom. The van der Waals surface area contributed by atoms with Gasteiger partial charge in [-0.2, -0.15) is 5.26 Å². The first kappa shape index (κ1) is 10.2. The SMILES string of the molecule is CCC(C#N)C(O)c1ncc(C)s1. The number of aromatic nitrogens is 1. The van der Waals surface area contributed by atoms with Gasteiger partial charge in [-0.15, -0.1) is 11.3 Å². The van der Waals surface area contributed by atoms with Gasteiger partial charge in [-0.05, 0) is 13.3 Å². The first-order chi connectivity index (χ1) is 6.19. The molecular formula is C9H12N2OS. The van der Waals surface area contributed by atoms with Crippen molar-refractivity contribution in [3.05, 3.63) is 16.1 Å². The molecule has 0 saturated heterocycles. The standard InChI is InChI=1S/C9H12N2OS/c1-3-7(4-10)8(12)9-11-5-6(2)13-9/h5,7-8,12H,3H2,1-2H3. The quantitative estimate of drug-likeness (QED) is 0.804. The van der Waals surface area contributed by atoms with Crippen molar-refractivity contribution in [1.29, 1.82) is 5.26 Å². The molecular weight excluding hydrogens is 184 g/mol. The zero-order valence-corrected chi connectivity index (χ0v) is 8.51. The van der Waals surface area contributed by atoms with Crippen LogP contribution in [0, 0.1) is 24.2 Å². The minimum Gasteiger partial charge on any atom is -0.385 e. The average Bonchev–Trinajstić information content (AvgIpc) is 2.54. The van der Waals surface area contributed by atoms with Gasteiger partial charge in [-0.1, -0.05) is 6.92 Å². The van der Waals surface area contributed by atoms with Crippen LogP contribution in [0.25, 0.3) is 0 Å². The molecule has 70 valence electrons. The molecule has 1 aromatic heterocycles. The van der Waals surface area contributed by atoms with Gasteiger partial charge in [0.2, 0.25) is 0 Å². The average molecular weight is 196 g/mol. The van der Waals surface area contributed by atoms with Crippen LogP contribution in [-0.2, 0) is 0 Å². The van der Waals surface area contributed by atoms with Crippen molar-refractivity contribution < 1.29 is 5.11 Å². The highest BCUT2D eigenvalue weighted by molar-refractivity contribution is 7.11. The summed E-state index contributed by atoms with van der Waals surface area (Å²) in [5.74, 6) is -0.342. The van der Waals surface area contributed by atoms with Gasteiger partial charge in [-0.3, -0.25) is 0 Å². The maximum Gasteiger partial charge on any atom is 0.123 e. The van der Waals surface area contributed by atoms with Crippen LogP contribution in [0.15, 0.2) is 6.20 Å². The fourth-order valence-electron chi connectivity index (χ4n) is 1.07. The van der Waals surface area contributed by atoms with E-state index in [9.17, 15) is 5.11 Å². The third-order valence-corrected chi connectivity index (χ3v) is 2.86. The van der Waals surface area contributed by atoms with Gasteiger partial charge < -0.3 is 5.11 Å². The molecule has 0 fully saturated rings. The Labute approximate surface area is 81.7 Å². The van der Waals surface area contributed by atoms with E-state index in [1.54, 1.807) is 6.20 Å². The van der Waals surface area contributed by atoms with Gasteiger partial charge in [0.05, 0.1) is 12.0 Å². The highest BCUT2D eigenvalue weighted by Gasteiger charge is 2.21. The summed E-state index contributed by atoms with van der Waals surface area (Å²) in [7, 11) is 0. The third kappa shape index (κ3) is 2.27. The largest absolute Gasteiger partial charge is 0.385 e. The summed E-state index contributed by atoms with van der Waals surface area (Å²) in [4.78, 5) is 5.11. The van der Waals surface area contributed by atoms with Crippen molar-refractivity contribution in [1.82, 2.24) is 4.98 Å². The summed E-state index contributed by atoms with van der Waals surface area (Å²) in [5, 5.41) is 19.1. The van der Waals surface area contributed by atoms with E-state index in [0.717, 1.165) is 4.88 Å². The fraction of sp³-hybridized carbons (Fsp3) is 0.556. The molecule has 1 heterocycles. The molecule has 0 amide bonds. The maximum atomic E-state index is 9.72. The van der Waals surface area contributed by atoms with Crippen molar-refractivity contribution in [2.45, 2.75) is 26.4 Å². The summed E-state index contributed by atoms with van der Waals surface area (Å²) in [5.41, 5.74) is 0. The minimum absolute atomic E-state index is 0.342. The van der Waals surface area contributed by atoms with Gasteiger partial charge in [0.15, 0.2) is 0 Å². The van der Waals surface area contributed by atoms with E-state index in [2.05, 4.69) is 11.1 Å². The summed E-state index contributed by atoms with van der Waals surface area (Å²) in [6, 6.07) is 2.08. The highest BCUT2D eigenvalue weighted by atomic mass is 32.1. The zero-order valence-electron chi connectivity index (χ0n) is 7.69. The number of aliphatic hydroxyl groups excluding tert-OH is 1. The van der Waals surface area contributed by atoms with E-state index in [-0.39, 0.29) is 5.92 Å².